The van der Waals surface area contributed by atoms with Gasteiger partial charge < -0.3 is 11.2 Å². The number of thioether (sulfide) groups is 1. The van der Waals surface area contributed by atoms with Crippen LogP contribution in [-0.4, -0.2) is 37.7 Å². The number of benzene rings is 2. The fourth-order valence-electron chi connectivity index (χ4n) is 2.24. The monoisotopic (exact) mass is 480 g/mol. The van der Waals surface area contributed by atoms with Crippen LogP contribution in [0.25, 0.3) is 0 Å². The van der Waals surface area contributed by atoms with Gasteiger partial charge in [-0.25, -0.2) is 10.1 Å². The van der Waals surface area contributed by atoms with E-state index in [0.29, 0.717) is 21.3 Å². The highest BCUT2D eigenvalue weighted by Crippen LogP contribution is 2.26. The van der Waals surface area contributed by atoms with E-state index in [0.717, 1.165) is 16.4 Å². The summed E-state index contributed by atoms with van der Waals surface area (Å²) >= 11 is 12.9. The zero-order valence-corrected chi connectivity index (χ0v) is 17.9. The van der Waals surface area contributed by atoms with Crippen LogP contribution in [0.2, 0.25) is 10.0 Å². The van der Waals surface area contributed by atoms with Crippen molar-refractivity contribution in [2.45, 2.75) is 5.16 Å². The zero-order chi connectivity index (χ0) is 22.4. The van der Waals surface area contributed by atoms with Crippen LogP contribution in [0.15, 0.2) is 52.7 Å². The van der Waals surface area contributed by atoms with Gasteiger partial charge in [-0.2, -0.15) is 5.10 Å². The molecule has 14 heteroatoms. The molecule has 1 aromatic heterocycles. The highest BCUT2D eigenvalue weighted by atomic mass is 35.5. The number of aromatic nitrogens is 3. The summed E-state index contributed by atoms with van der Waals surface area (Å²) in [5, 5.41) is 26.2. The minimum atomic E-state index is -0.498. The average molecular weight is 481 g/mol. The summed E-state index contributed by atoms with van der Waals surface area (Å²) in [6, 6.07) is 10.7. The van der Waals surface area contributed by atoms with Crippen LogP contribution in [-0.2, 0) is 4.79 Å². The Hall–Kier alpha value is -3.35. The first-order chi connectivity index (χ1) is 14.8. The number of hydrogen-bond donors (Lipinski definition) is 3. The highest BCUT2D eigenvalue weighted by molar-refractivity contribution is 7.99. The standard InChI is InChI=1S/C17H14Cl2N8O3S/c18-11-4-5-14(13(19)7-11)22-15(28)9-31-17-25-24-16(26(17)20)23-21-8-10-2-1-3-12(6-10)27(29)30/h1-8H,9,20H2,(H,22,28)(H,23,24)/b21-8+. The Kier molecular flexibility index (Phi) is 7.28. The maximum atomic E-state index is 12.1. The molecule has 3 aromatic rings. The number of hydrogen-bond acceptors (Lipinski definition) is 9. The number of nitrogens with one attached hydrogen (secondary N) is 2. The molecule has 0 saturated heterocycles. The predicted octanol–water partition coefficient (Wildman–Crippen LogP) is 3.38. The molecule has 1 amide bonds. The van der Waals surface area contributed by atoms with E-state index in [1.165, 1.54) is 24.4 Å². The van der Waals surface area contributed by atoms with Crippen LogP contribution in [0.1, 0.15) is 5.56 Å². The van der Waals surface area contributed by atoms with E-state index >= 15 is 0 Å². The molecule has 0 aliphatic heterocycles. The Morgan fingerprint density at radius 3 is 2.84 bits per heavy atom. The number of anilines is 2. The zero-order valence-electron chi connectivity index (χ0n) is 15.5. The number of carbonyl (C=O) groups is 1. The lowest BCUT2D eigenvalue weighted by Gasteiger charge is -2.07. The van der Waals surface area contributed by atoms with Gasteiger partial charge in [-0.1, -0.05) is 47.1 Å². The topological polar surface area (TPSA) is 153 Å². The molecule has 31 heavy (non-hydrogen) atoms. The SMILES string of the molecule is Nn1c(N/N=C/c2cccc([N+](=O)[O-])c2)nnc1SCC(=O)Nc1ccc(Cl)cc1Cl. The van der Waals surface area contributed by atoms with E-state index in [4.69, 9.17) is 29.0 Å². The fraction of sp³-hybridized carbons (Fsp3) is 0.0588. The molecule has 4 N–H and O–H groups in total. The number of nitrogens with zero attached hydrogens (tertiary/aromatic N) is 5. The van der Waals surface area contributed by atoms with Gasteiger partial charge >= 0.3 is 0 Å². The van der Waals surface area contributed by atoms with E-state index in [2.05, 4.69) is 26.0 Å². The van der Waals surface area contributed by atoms with Crippen molar-refractivity contribution >= 4 is 64.4 Å². The quantitative estimate of drug-likeness (QED) is 0.146. The van der Waals surface area contributed by atoms with Gasteiger partial charge in [0.2, 0.25) is 11.1 Å². The molecule has 0 aliphatic carbocycles. The summed E-state index contributed by atoms with van der Waals surface area (Å²) in [4.78, 5) is 22.4. The Morgan fingerprint density at radius 2 is 2.10 bits per heavy atom. The Morgan fingerprint density at radius 1 is 1.29 bits per heavy atom. The maximum Gasteiger partial charge on any atom is 0.270 e. The second-order valence-corrected chi connectivity index (χ2v) is 7.65. The van der Waals surface area contributed by atoms with Crippen LogP contribution in [0.4, 0.5) is 17.3 Å². The Labute approximate surface area is 189 Å². The molecular formula is C17H14Cl2N8O3S. The number of carbonyl (C=O) groups excluding carboxylic acids is 1. The fourth-order valence-corrected chi connectivity index (χ4v) is 3.35. The predicted molar refractivity (Wildman–Crippen MR) is 120 cm³/mol. The minimum Gasteiger partial charge on any atom is -0.334 e. The smallest absolute Gasteiger partial charge is 0.270 e. The summed E-state index contributed by atoms with van der Waals surface area (Å²) in [6.45, 7) is 0. The first-order valence-electron chi connectivity index (χ1n) is 8.45. The van der Waals surface area contributed by atoms with Crippen LogP contribution in [0.3, 0.4) is 0 Å². The van der Waals surface area contributed by atoms with Gasteiger partial charge in [0.05, 0.1) is 27.6 Å². The highest BCUT2D eigenvalue weighted by Gasteiger charge is 2.13. The van der Waals surface area contributed by atoms with Crippen LogP contribution >= 0.6 is 35.0 Å². The van der Waals surface area contributed by atoms with Gasteiger partial charge in [0.1, 0.15) is 0 Å². The minimum absolute atomic E-state index is 0.00520. The summed E-state index contributed by atoms with van der Waals surface area (Å²) in [7, 11) is 0. The summed E-state index contributed by atoms with van der Waals surface area (Å²) in [5.41, 5.74) is 3.48. The summed E-state index contributed by atoms with van der Waals surface area (Å²) in [6.07, 6.45) is 1.37. The third kappa shape index (κ3) is 6.07. The first kappa shape index (κ1) is 22.3. The number of nitrogen functional groups attached to an aromatic ring is 1. The van der Waals surface area contributed by atoms with Crippen LogP contribution < -0.4 is 16.6 Å². The normalized spacial score (nSPS) is 10.9. The van der Waals surface area contributed by atoms with E-state index in [-0.39, 0.29) is 28.5 Å². The number of nitrogens with two attached hydrogens (primary N) is 1. The molecule has 160 valence electrons. The number of hydrazone groups is 1. The maximum absolute atomic E-state index is 12.1. The van der Waals surface area contributed by atoms with Crippen LogP contribution in [0, 0.1) is 10.1 Å². The lowest BCUT2D eigenvalue weighted by atomic mass is 10.2. The first-order valence-corrected chi connectivity index (χ1v) is 10.2. The molecule has 0 radical (unpaired) electrons. The largest absolute Gasteiger partial charge is 0.334 e. The third-order valence-corrected chi connectivity index (χ3v) is 5.15. The molecule has 0 unspecified atom stereocenters. The Bertz CT molecular complexity index is 1150. The number of rotatable bonds is 8. The van der Waals surface area contributed by atoms with Gasteiger partial charge in [0, 0.05) is 22.7 Å². The van der Waals surface area contributed by atoms with Gasteiger partial charge in [-0.05, 0) is 18.2 Å². The van der Waals surface area contributed by atoms with Crippen LogP contribution in [0.5, 0.6) is 0 Å². The van der Waals surface area contributed by atoms with Gasteiger partial charge in [-0.3, -0.25) is 14.9 Å². The molecule has 1 heterocycles. The Balaban J connectivity index is 1.55. The van der Waals surface area contributed by atoms with E-state index in [1.807, 2.05) is 0 Å². The molecule has 0 saturated carbocycles. The lowest BCUT2D eigenvalue weighted by Crippen LogP contribution is -2.17. The number of nitro groups is 1. The van der Waals surface area contributed by atoms with E-state index in [9.17, 15) is 14.9 Å². The van der Waals surface area contributed by atoms with Gasteiger partial charge in [0.15, 0.2) is 0 Å². The lowest BCUT2D eigenvalue weighted by molar-refractivity contribution is -0.384. The molecule has 0 spiro atoms. The van der Waals surface area contributed by atoms with Gasteiger partial charge in [-0.15, -0.1) is 10.2 Å². The molecule has 3 rings (SSSR count). The van der Waals surface area contributed by atoms with E-state index < -0.39 is 4.92 Å². The van der Waals surface area contributed by atoms with Crippen molar-refractivity contribution in [1.29, 1.82) is 0 Å². The van der Waals surface area contributed by atoms with Gasteiger partial charge in [0.25, 0.3) is 11.6 Å². The van der Waals surface area contributed by atoms with E-state index in [1.54, 1.807) is 24.3 Å². The number of halogens is 2. The summed E-state index contributed by atoms with van der Waals surface area (Å²) < 4.78 is 1.12. The molecule has 2 aromatic carbocycles. The van der Waals surface area contributed by atoms with Crippen molar-refractivity contribution in [2.24, 2.45) is 5.10 Å². The number of non-ortho nitro benzene ring substituents is 1. The molecule has 0 aliphatic rings. The van der Waals surface area contributed by atoms with Crippen molar-refractivity contribution in [3.63, 3.8) is 0 Å². The number of nitro benzene ring substituents is 1. The molecule has 0 bridgehead atoms. The van der Waals surface area contributed by atoms with Crippen molar-refractivity contribution in [1.82, 2.24) is 14.9 Å². The third-order valence-electron chi connectivity index (χ3n) is 3.66. The second kappa shape index (κ2) is 10.1. The molecule has 0 atom stereocenters. The van der Waals surface area contributed by atoms with Crippen molar-refractivity contribution in [3.05, 3.63) is 68.2 Å². The number of amides is 1. The van der Waals surface area contributed by atoms with Crippen molar-refractivity contribution < 1.29 is 9.72 Å². The summed E-state index contributed by atoms with van der Waals surface area (Å²) in [5.74, 6) is 5.70. The van der Waals surface area contributed by atoms with Crippen molar-refractivity contribution in [3.8, 4) is 0 Å². The molecule has 11 nitrogen and oxygen atoms in total. The molecule has 0 fully saturated rings. The molecular weight excluding hydrogens is 467 g/mol. The second-order valence-electron chi connectivity index (χ2n) is 5.86. The van der Waals surface area contributed by atoms with Crippen molar-refractivity contribution in [2.75, 3.05) is 22.3 Å². The average Bonchev–Trinajstić information content (AvgIpc) is 3.08.